The number of rotatable bonds is 4. The molecule has 4 heteroatoms. The van der Waals surface area contributed by atoms with Gasteiger partial charge >= 0.3 is 0 Å². The maximum Gasteiger partial charge on any atom is 0.180 e. The molecule has 0 aliphatic heterocycles. The third-order valence-electron chi connectivity index (χ3n) is 11.3. The first-order chi connectivity index (χ1) is 27.7. The predicted octanol–water partition coefficient (Wildman–Crippen LogP) is 14.4. The molecular formula is C52H30N2O2. The minimum Gasteiger partial charge on any atom is -0.456 e. The van der Waals surface area contributed by atoms with Gasteiger partial charge in [0.15, 0.2) is 11.4 Å². The SMILES string of the molecule is c1ccc(-c2nc(-c3ccccc3)c3oc4cc(-c5cccc6oc7ccc(-c8ccc9c%10ccccc%10c%10ccccc%10c9c8)cc7c56)ccc4c3n2)cc1. The lowest BCUT2D eigenvalue weighted by molar-refractivity contribution is 0.667. The molecule has 0 N–H and O–H groups in total. The van der Waals surface area contributed by atoms with Crippen molar-refractivity contribution in [1.29, 1.82) is 0 Å². The highest BCUT2D eigenvalue weighted by atomic mass is 16.3. The Balaban J connectivity index is 1.03. The van der Waals surface area contributed by atoms with E-state index in [2.05, 4.69) is 133 Å². The lowest BCUT2D eigenvalue weighted by Gasteiger charge is -2.12. The van der Waals surface area contributed by atoms with E-state index in [1.54, 1.807) is 0 Å². The second kappa shape index (κ2) is 12.0. The summed E-state index contributed by atoms with van der Waals surface area (Å²) in [6, 6.07) is 63.9. The van der Waals surface area contributed by atoms with Gasteiger partial charge in [-0.1, -0.05) is 146 Å². The van der Waals surface area contributed by atoms with Gasteiger partial charge < -0.3 is 8.83 Å². The summed E-state index contributed by atoms with van der Waals surface area (Å²) in [6.45, 7) is 0. The van der Waals surface area contributed by atoms with Crippen molar-refractivity contribution in [1.82, 2.24) is 9.97 Å². The van der Waals surface area contributed by atoms with Crippen molar-refractivity contribution in [2.75, 3.05) is 0 Å². The first kappa shape index (κ1) is 30.9. The zero-order valence-electron chi connectivity index (χ0n) is 30.0. The fraction of sp³-hybridized carbons (Fsp3) is 0. The van der Waals surface area contributed by atoms with Crippen molar-refractivity contribution >= 4 is 76.3 Å². The molecule has 0 fully saturated rings. The highest BCUT2D eigenvalue weighted by Gasteiger charge is 2.20. The third kappa shape index (κ3) is 4.66. The molecule has 0 aliphatic rings. The third-order valence-corrected chi connectivity index (χ3v) is 11.3. The van der Waals surface area contributed by atoms with Gasteiger partial charge in [0.25, 0.3) is 0 Å². The van der Waals surface area contributed by atoms with Crippen LogP contribution in [0.1, 0.15) is 0 Å². The fourth-order valence-electron chi connectivity index (χ4n) is 8.65. The van der Waals surface area contributed by atoms with Crippen molar-refractivity contribution in [2.24, 2.45) is 0 Å². The molecule has 0 amide bonds. The maximum absolute atomic E-state index is 6.69. The van der Waals surface area contributed by atoms with Gasteiger partial charge in [0.05, 0.1) is 0 Å². The largest absolute Gasteiger partial charge is 0.456 e. The van der Waals surface area contributed by atoms with Crippen LogP contribution in [0.5, 0.6) is 0 Å². The molecule has 56 heavy (non-hydrogen) atoms. The van der Waals surface area contributed by atoms with Crippen molar-refractivity contribution in [3.8, 4) is 44.9 Å². The van der Waals surface area contributed by atoms with Gasteiger partial charge in [0.2, 0.25) is 0 Å². The van der Waals surface area contributed by atoms with Crippen LogP contribution >= 0.6 is 0 Å². The Bertz CT molecular complexity index is 3490. The zero-order valence-corrected chi connectivity index (χ0v) is 30.0. The lowest BCUT2D eigenvalue weighted by Crippen LogP contribution is -1.93. The molecule has 9 aromatic carbocycles. The Morgan fingerprint density at radius 3 is 1.64 bits per heavy atom. The average Bonchev–Trinajstić information content (AvgIpc) is 3.84. The summed E-state index contributed by atoms with van der Waals surface area (Å²) in [5.41, 5.74) is 11.1. The van der Waals surface area contributed by atoms with E-state index in [9.17, 15) is 0 Å². The lowest BCUT2D eigenvalue weighted by atomic mass is 9.91. The number of benzene rings is 9. The van der Waals surface area contributed by atoms with E-state index in [4.69, 9.17) is 18.8 Å². The van der Waals surface area contributed by atoms with Crippen LogP contribution in [0, 0.1) is 0 Å². The molecule has 0 aliphatic carbocycles. The number of aromatic nitrogens is 2. The molecule has 0 unspecified atom stereocenters. The molecule has 260 valence electrons. The molecule has 0 radical (unpaired) electrons. The Morgan fingerprint density at radius 1 is 0.321 bits per heavy atom. The van der Waals surface area contributed by atoms with Gasteiger partial charge in [-0.15, -0.1) is 0 Å². The monoisotopic (exact) mass is 714 g/mol. The second-order valence-electron chi connectivity index (χ2n) is 14.5. The summed E-state index contributed by atoms with van der Waals surface area (Å²) in [7, 11) is 0. The molecular weight excluding hydrogens is 685 g/mol. The van der Waals surface area contributed by atoms with Crippen molar-refractivity contribution in [3.05, 3.63) is 182 Å². The van der Waals surface area contributed by atoms with Gasteiger partial charge in [-0.3, -0.25) is 0 Å². The number of hydrogen-bond donors (Lipinski definition) is 0. The van der Waals surface area contributed by atoms with Crippen LogP contribution < -0.4 is 0 Å². The van der Waals surface area contributed by atoms with E-state index >= 15 is 0 Å². The molecule has 3 heterocycles. The highest BCUT2D eigenvalue weighted by Crippen LogP contribution is 2.43. The van der Waals surface area contributed by atoms with Crippen LogP contribution in [0.3, 0.4) is 0 Å². The van der Waals surface area contributed by atoms with Crippen LogP contribution in [0.25, 0.3) is 121 Å². The Hall–Kier alpha value is -7.56. The van der Waals surface area contributed by atoms with E-state index in [1.165, 1.54) is 37.9 Å². The average molecular weight is 715 g/mol. The number of fused-ring (bicyclic) bond motifs is 12. The first-order valence-corrected chi connectivity index (χ1v) is 18.9. The van der Waals surface area contributed by atoms with Gasteiger partial charge in [-0.05, 0) is 91.0 Å². The summed E-state index contributed by atoms with van der Waals surface area (Å²) in [5, 5.41) is 10.7. The van der Waals surface area contributed by atoms with Gasteiger partial charge in [-0.25, -0.2) is 9.97 Å². The normalized spacial score (nSPS) is 11.9. The molecule has 0 spiro atoms. The quantitative estimate of drug-likeness (QED) is 0.170. The summed E-state index contributed by atoms with van der Waals surface area (Å²) in [4.78, 5) is 10.1. The maximum atomic E-state index is 6.69. The summed E-state index contributed by atoms with van der Waals surface area (Å²) >= 11 is 0. The van der Waals surface area contributed by atoms with Gasteiger partial charge in [0, 0.05) is 27.3 Å². The fourth-order valence-corrected chi connectivity index (χ4v) is 8.65. The smallest absolute Gasteiger partial charge is 0.180 e. The standard InChI is InChI=1S/C52H30N2O2/c1-3-12-31(13-4-1)49-51-50(54-52(53-49)32-14-5-2-6-15-32)42-26-23-35(30-47(42)56-51)36-20-11-21-46-48(36)44-29-34(24-27-45(44)55-46)33-22-25-41-39-18-8-7-16-37(39)38-17-9-10-19-40(38)43(41)28-33/h1-30H. The Kier molecular flexibility index (Phi) is 6.60. The molecule has 3 aromatic heterocycles. The van der Waals surface area contributed by atoms with E-state index in [1.807, 2.05) is 48.5 Å². The van der Waals surface area contributed by atoms with Crippen LogP contribution in [-0.4, -0.2) is 9.97 Å². The minimum absolute atomic E-state index is 0.669. The highest BCUT2D eigenvalue weighted by molar-refractivity contribution is 6.26. The number of hydrogen-bond acceptors (Lipinski definition) is 4. The molecule has 0 atom stereocenters. The predicted molar refractivity (Wildman–Crippen MR) is 231 cm³/mol. The molecule has 0 bridgehead atoms. The van der Waals surface area contributed by atoms with Gasteiger partial charge in [-0.2, -0.15) is 0 Å². The van der Waals surface area contributed by atoms with E-state index in [-0.39, 0.29) is 0 Å². The molecule has 12 rings (SSSR count). The number of nitrogens with zero attached hydrogens (tertiary/aromatic N) is 2. The van der Waals surface area contributed by atoms with E-state index in [0.29, 0.717) is 11.4 Å². The summed E-state index contributed by atoms with van der Waals surface area (Å²) in [6.07, 6.45) is 0. The van der Waals surface area contributed by atoms with Crippen molar-refractivity contribution in [3.63, 3.8) is 0 Å². The summed E-state index contributed by atoms with van der Waals surface area (Å²) in [5.74, 6) is 0.669. The first-order valence-electron chi connectivity index (χ1n) is 18.9. The minimum atomic E-state index is 0.669. The number of furan rings is 2. The Morgan fingerprint density at radius 2 is 0.911 bits per heavy atom. The van der Waals surface area contributed by atoms with Gasteiger partial charge in [0.1, 0.15) is 28.0 Å². The topological polar surface area (TPSA) is 52.1 Å². The molecule has 0 saturated heterocycles. The van der Waals surface area contributed by atoms with Crippen LogP contribution in [0.15, 0.2) is 191 Å². The molecule has 0 saturated carbocycles. The van der Waals surface area contributed by atoms with Crippen LogP contribution in [0.4, 0.5) is 0 Å². The molecule has 4 nitrogen and oxygen atoms in total. The molecule has 12 aromatic rings. The van der Waals surface area contributed by atoms with E-state index in [0.717, 1.165) is 71.9 Å². The second-order valence-corrected chi connectivity index (χ2v) is 14.5. The van der Waals surface area contributed by atoms with E-state index < -0.39 is 0 Å². The van der Waals surface area contributed by atoms with Crippen LogP contribution in [-0.2, 0) is 0 Å². The summed E-state index contributed by atoms with van der Waals surface area (Å²) < 4.78 is 13.2. The zero-order chi connectivity index (χ0) is 36.7. The van der Waals surface area contributed by atoms with Crippen molar-refractivity contribution < 1.29 is 8.83 Å². The Labute approximate surface area is 320 Å². The van der Waals surface area contributed by atoms with Crippen molar-refractivity contribution in [2.45, 2.75) is 0 Å². The van der Waals surface area contributed by atoms with Crippen LogP contribution in [0.2, 0.25) is 0 Å².